The van der Waals surface area contributed by atoms with Gasteiger partial charge in [-0.25, -0.2) is 14.6 Å². The Bertz CT molecular complexity index is 3240. The summed E-state index contributed by atoms with van der Waals surface area (Å²) in [4.78, 5) is 10.9. The second-order valence-corrected chi connectivity index (χ2v) is 17.7. The Kier molecular flexibility index (Phi) is 12.9. The molecule has 4 aromatic heterocycles. The Hall–Kier alpha value is -6.44. The van der Waals surface area contributed by atoms with Crippen molar-refractivity contribution in [3.8, 4) is 50.2 Å². The molecule has 2 aliphatic heterocycles. The van der Waals surface area contributed by atoms with Crippen LogP contribution in [0.4, 0.5) is 0 Å². The Labute approximate surface area is 407 Å². The Balaban J connectivity index is 0.000000823. The van der Waals surface area contributed by atoms with Gasteiger partial charge in [-0.05, 0) is 162 Å². The van der Waals surface area contributed by atoms with Crippen LogP contribution in [0.1, 0.15) is 45.2 Å². The largest absolute Gasteiger partial charge is 2.00 e. The summed E-state index contributed by atoms with van der Waals surface area (Å²) >= 11 is 1.76. The summed E-state index contributed by atoms with van der Waals surface area (Å²) in [6, 6.07) is 43.0. The van der Waals surface area contributed by atoms with Gasteiger partial charge < -0.3 is 4.42 Å². The van der Waals surface area contributed by atoms with E-state index in [4.69, 9.17) is 14.4 Å². The Morgan fingerprint density at radius 1 is 0.433 bits per heavy atom. The fourth-order valence-corrected chi connectivity index (χ4v) is 9.65. The van der Waals surface area contributed by atoms with Crippen LogP contribution in [-0.4, -0.2) is 25.0 Å². The van der Waals surface area contributed by atoms with E-state index in [0.717, 1.165) is 105 Å². The van der Waals surface area contributed by atoms with E-state index in [9.17, 15) is 0 Å². The van der Waals surface area contributed by atoms with Gasteiger partial charge in [0.1, 0.15) is 11.2 Å². The number of aryl methyl sites for hydroxylation is 3. The van der Waals surface area contributed by atoms with Crippen molar-refractivity contribution in [3.05, 3.63) is 236 Å². The summed E-state index contributed by atoms with van der Waals surface area (Å²) in [5.74, 6) is 1.04. The van der Waals surface area contributed by atoms with Crippen LogP contribution >= 0.6 is 11.3 Å². The van der Waals surface area contributed by atoms with Crippen LogP contribution in [0.2, 0.25) is 0 Å². The molecule has 0 unspecified atom stereocenters. The monoisotopic (exact) mass is 925 g/mol. The number of nitrogens with zero attached hydrogens (tertiary/aromatic N) is 5. The van der Waals surface area contributed by atoms with E-state index in [-0.39, 0.29) is 17.1 Å². The molecule has 0 amide bonds. The van der Waals surface area contributed by atoms with Gasteiger partial charge in [-0.2, -0.15) is 0 Å². The third-order valence-electron chi connectivity index (χ3n) is 12.0. The molecule has 8 aromatic rings. The average Bonchev–Trinajstić information content (AvgIpc) is 4.19. The van der Waals surface area contributed by atoms with Gasteiger partial charge >= 0.3 is 17.1 Å². The SMILES string of the molecule is Cc1ccc(-c2c3nc(c(-c4ccc(C)cc4)c4ccc(s4)c(-c4ccc(-n5cc([C]6[CH][CH][CH][CH]6)nn5)cc4)c4nc(c(-c5ccc(C)cc5)c5ccc2o5)C=C4)C=C3)cc1.[CH]1[CH][CH][CH][CH]1.[Fe+2]. The molecule has 67 heavy (non-hydrogen) atoms. The van der Waals surface area contributed by atoms with E-state index in [1.165, 1.54) is 16.7 Å². The van der Waals surface area contributed by atoms with Crippen molar-refractivity contribution in [1.82, 2.24) is 25.0 Å². The molecular formula is C59H43FeN5OS+2. The molecule has 6 heterocycles. The minimum absolute atomic E-state index is 0. The minimum atomic E-state index is 0. The number of thiophene rings is 1. The van der Waals surface area contributed by atoms with Crippen molar-refractivity contribution in [3.63, 3.8) is 0 Å². The smallest absolute Gasteiger partial charge is 0.456 e. The third-order valence-corrected chi connectivity index (χ3v) is 13.1. The molecule has 12 rings (SSSR count). The molecule has 2 fully saturated rings. The van der Waals surface area contributed by atoms with E-state index < -0.39 is 0 Å². The molecule has 0 atom stereocenters. The van der Waals surface area contributed by atoms with Crippen LogP contribution in [0.5, 0.6) is 0 Å². The van der Waals surface area contributed by atoms with Gasteiger partial charge in [0.2, 0.25) is 0 Å². The van der Waals surface area contributed by atoms with E-state index in [2.05, 4.69) is 177 Å². The van der Waals surface area contributed by atoms with Crippen LogP contribution in [-0.2, 0) is 17.1 Å². The molecule has 322 valence electrons. The minimum Gasteiger partial charge on any atom is -0.456 e. The van der Waals surface area contributed by atoms with Crippen LogP contribution in [0.3, 0.4) is 0 Å². The molecule has 2 saturated carbocycles. The van der Waals surface area contributed by atoms with Gasteiger partial charge in [-0.1, -0.05) is 107 Å². The first-order valence-electron chi connectivity index (χ1n) is 22.0. The van der Waals surface area contributed by atoms with Crippen LogP contribution in [0.15, 0.2) is 132 Å². The van der Waals surface area contributed by atoms with Crippen LogP contribution in [0.25, 0.3) is 95.1 Å². The van der Waals surface area contributed by atoms with Gasteiger partial charge in [0.05, 0.1) is 51.5 Å². The summed E-state index contributed by atoms with van der Waals surface area (Å²) in [5.41, 5.74) is 18.4. The number of fused-ring (bicyclic) bond motifs is 8. The fraction of sp³-hybridized carbons (Fsp3) is 0.0508. The third kappa shape index (κ3) is 9.19. The molecule has 10 radical (unpaired) electrons. The number of rotatable bonds is 6. The van der Waals surface area contributed by atoms with Crippen LogP contribution in [0, 0.1) is 84.5 Å². The van der Waals surface area contributed by atoms with Crippen molar-refractivity contribution < 1.29 is 21.5 Å². The van der Waals surface area contributed by atoms with Crippen molar-refractivity contribution in [2.24, 2.45) is 0 Å². The predicted molar refractivity (Wildman–Crippen MR) is 272 cm³/mol. The average molecular weight is 926 g/mol. The van der Waals surface area contributed by atoms with Gasteiger partial charge in [0, 0.05) is 26.4 Å². The first-order chi connectivity index (χ1) is 32.4. The van der Waals surface area contributed by atoms with Crippen molar-refractivity contribution in [2.75, 3.05) is 0 Å². The molecule has 0 saturated heterocycles. The zero-order valence-corrected chi connectivity index (χ0v) is 39.0. The number of aromatic nitrogens is 5. The molecule has 8 bridgehead atoms. The summed E-state index contributed by atoms with van der Waals surface area (Å²) < 4.78 is 11.0. The first kappa shape index (κ1) is 44.4. The van der Waals surface area contributed by atoms with E-state index >= 15 is 0 Å². The van der Waals surface area contributed by atoms with Gasteiger partial charge in [-0.3, -0.25) is 0 Å². The molecule has 0 spiro atoms. The standard InChI is InChI=1S/C54H38N5OS.C5H5.Fe/c1-33-8-14-37(15-9-33)51-42-24-26-44(55-42)53(39-18-12-35(3)13-19-39)49-30-31-50(61-49)54(40-20-22-41(23-21-40)59-32-46(57-58-59)36-6-4-5-7-36)45-27-25-43(56-45)52(48-29-28-47(51)60-48)38-16-10-34(2)11-17-38;1-2-4-5-3-1;/h4-32H,1-3H3;1-5H;/q;;+2. The predicted octanol–water partition coefficient (Wildman–Crippen LogP) is 14.6. The Morgan fingerprint density at radius 3 is 1.25 bits per heavy atom. The number of hydrogen-bond donors (Lipinski definition) is 0. The van der Waals surface area contributed by atoms with Crippen molar-refractivity contribution in [2.45, 2.75) is 20.8 Å². The van der Waals surface area contributed by atoms with Crippen molar-refractivity contribution in [1.29, 1.82) is 0 Å². The summed E-state index contributed by atoms with van der Waals surface area (Å²) in [6.07, 6.45) is 28.6. The maximum Gasteiger partial charge on any atom is 2.00 e. The maximum absolute atomic E-state index is 6.98. The number of benzene rings is 4. The summed E-state index contributed by atoms with van der Waals surface area (Å²) in [6.45, 7) is 6.34. The molecule has 0 N–H and O–H groups in total. The zero-order valence-electron chi connectivity index (χ0n) is 37.0. The zero-order chi connectivity index (χ0) is 44.6. The van der Waals surface area contributed by atoms with Crippen LogP contribution < -0.4 is 0 Å². The molecule has 8 heteroatoms. The molecule has 2 aliphatic carbocycles. The molecule has 4 aromatic carbocycles. The Morgan fingerprint density at radius 2 is 0.821 bits per heavy atom. The molecule has 4 aliphatic rings. The summed E-state index contributed by atoms with van der Waals surface area (Å²) in [7, 11) is 0. The number of hydrogen-bond acceptors (Lipinski definition) is 6. The fourth-order valence-electron chi connectivity index (χ4n) is 8.49. The molecular weight excluding hydrogens is 883 g/mol. The second kappa shape index (κ2) is 19.4. The summed E-state index contributed by atoms with van der Waals surface area (Å²) in [5, 5.41) is 8.90. The topological polar surface area (TPSA) is 69.6 Å². The van der Waals surface area contributed by atoms with E-state index in [1.54, 1.807) is 11.3 Å². The first-order valence-corrected chi connectivity index (χ1v) is 22.8. The van der Waals surface area contributed by atoms with E-state index in [0.29, 0.717) is 0 Å². The van der Waals surface area contributed by atoms with Gasteiger partial charge in [0.15, 0.2) is 0 Å². The normalized spacial score (nSPS) is 14.3. The van der Waals surface area contributed by atoms with Crippen molar-refractivity contribution >= 4 is 56.2 Å². The molecule has 6 nitrogen and oxygen atoms in total. The second-order valence-electron chi connectivity index (χ2n) is 16.6. The van der Waals surface area contributed by atoms with E-state index in [1.807, 2.05) is 68.7 Å². The van der Waals surface area contributed by atoms with Gasteiger partial charge in [0.25, 0.3) is 0 Å². The maximum atomic E-state index is 6.98. The van der Waals surface area contributed by atoms with Gasteiger partial charge in [-0.15, -0.1) is 16.4 Å². The number of furan rings is 1. The quantitative estimate of drug-likeness (QED) is 0.155.